The second kappa shape index (κ2) is 7.50. The van der Waals surface area contributed by atoms with Crippen LogP contribution in [-0.2, 0) is 13.6 Å². The van der Waals surface area contributed by atoms with Crippen LogP contribution in [0.1, 0.15) is 12.5 Å². The fraction of sp³-hybridized carbons (Fsp3) is 0.176. The van der Waals surface area contributed by atoms with Crippen molar-refractivity contribution in [2.24, 2.45) is 12.1 Å². The van der Waals surface area contributed by atoms with Crippen molar-refractivity contribution in [3.63, 3.8) is 0 Å². The third kappa shape index (κ3) is 3.77. The van der Waals surface area contributed by atoms with E-state index in [4.69, 9.17) is 11.6 Å². The zero-order valence-corrected chi connectivity index (χ0v) is 15.4. The summed E-state index contributed by atoms with van der Waals surface area (Å²) in [5.74, 6) is 0.327. The molecule has 0 saturated carbocycles. The van der Waals surface area contributed by atoms with Crippen molar-refractivity contribution < 1.29 is 5.11 Å². The number of fused-ring (bicyclic) bond motifs is 1. The van der Waals surface area contributed by atoms with Gasteiger partial charge in [-0.25, -0.2) is 10.2 Å². The molecule has 0 saturated heterocycles. The molecule has 3 N–H and O–H groups in total. The van der Waals surface area contributed by atoms with Crippen LogP contribution in [0.2, 0.25) is 0 Å². The molecular formula is C17H17ClN6O3. The van der Waals surface area contributed by atoms with Gasteiger partial charge in [-0.3, -0.25) is 18.9 Å². The lowest BCUT2D eigenvalue weighted by atomic mass is 10.2. The SMILES string of the molecule is CC(Cl)=CCn1c(N/N=C/c2ccccc2O)nc2c1c(=O)[nH]c(=O)n2C. The maximum absolute atomic E-state index is 12.3. The Morgan fingerprint density at radius 3 is 2.85 bits per heavy atom. The Morgan fingerprint density at radius 1 is 1.41 bits per heavy atom. The predicted octanol–water partition coefficient (Wildman–Crippen LogP) is 1.72. The number of nitrogens with zero attached hydrogens (tertiary/aromatic N) is 4. The number of benzene rings is 1. The Morgan fingerprint density at radius 2 is 2.15 bits per heavy atom. The molecule has 3 rings (SSSR count). The lowest BCUT2D eigenvalue weighted by Gasteiger charge is -2.05. The third-order valence-corrected chi connectivity index (χ3v) is 4.02. The number of hydrogen-bond donors (Lipinski definition) is 3. The number of aromatic amines is 1. The van der Waals surface area contributed by atoms with Gasteiger partial charge < -0.3 is 5.11 Å². The third-order valence-electron chi connectivity index (χ3n) is 3.87. The number of H-pyrrole nitrogens is 1. The lowest BCUT2D eigenvalue weighted by Crippen LogP contribution is -2.29. The molecule has 0 aliphatic rings. The first-order valence-corrected chi connectivity index (χ1v) is 8.35. The number of aromatic hydroxyl groups is 1. The van der Waals surface area contributed by atoms with Crippen LogP contribution >= 0.6 is 11.6 Å². The van der Waals surface area contributed by atoms with Crippen LogP contribution in [0.25, 0.3) is 11.2 Å². The minimum Gasteiger partial charge on any atom is -0.507 e. The monoisotopic (exact) mass is 388 g/mol. The molecule has 0 atom stereocenters. The maximum atomic E-state index is 12.3. The first-order chi connectivity index (χ1) is 12.9. The number of anilines is 1. The number of aryl methyl sites for hydroxylation is 1. The summed E-state index contributed by atoms with van der Waals surface area (Å²) in [6.45, 7) is 1.96. The van der Waals surface area contributed by atoms with Crippen molar-refractivity contribution in [1.82, 2.24) is 19.1 Å². The molecule has 0 fully saturated rings. The summed E-state index contributed by atoms with van der Waals surface area (Å²) in [5.41, 5.74) is 2.56. The molecule has 140 valence electrons. The molecule has 2 heterocycles. The molecule has 0 aliphatic heterocycles. The highest BCUT2D eigenvalue weighted by Crippen LogP contribution is 2.17. The highest BCUT2D eigenvalue weighted by molar-refractivity contribution is 6.29. The average Bonchev–Trinajstić information content (AvgIpc) is 2.99. The molecule has 9 nitrogen and oxygen atoms in total. The smallest absolute Gasteiger partial charge is 0.329 e. The van der Waals surface area contributed by atoms with Gasteiger partial charge in [-0.05, 0) is 19.1 Å². The van der Waals surface area contributed by atoms with Gasteiger partial charge in [0.05, 0.1) is 6.21 Å². The summed E-state index contributed by atoms with van der Waals surface area (Å²) >= 11 is 5.90. The molecule has 0 unspecified atom stereocenters. The lowest BCUT2D eigenvalue weighted by molar-refractivity contribution is 0.474. The summed E-state index contributed by atoms with van der Waals surface area (Å²) < 4.78 is 2.80. The number of phenolic OH excluding ortho intramolecular Hbond substituents is 1. The Kier molecular flexibility index (Phi) is 5.13. The van der Waals surface area contributed by atoms with E-state index in [2.05, 4.69) is 20.5 Å². The first kappa shape index (κ1) is 18.5. The molecular weight excluding hydrogens is 372 g/mol. The van der Waals surface area contributed by atoms with E-state index in [0.29, 0.717) is 10.6 Å². The molecule has 1 aromatic carbocycles. The van der Waals surface area contributed by atoms with E-state index in [-0.39, 0.29) is 29.4 Å². The average molecular weight is 389 g/mol. The number of halogens is 1. The van der Waals surface area contributed by atoms with E-state index in [1.165, 1.54) is 17.8 Å². The number of phenols is 1. The van der Waals surface area contributed by atoms with Gasteiger partial charge >= 0.3 is 5.69 Å². The molecule has 0 radical (unpaired) electrons. The quantitative estimate of drug-likeness (QED) is 0.454. The molecule has 27 heavy (non-hydrogen) atoms. The molecule has 0 aliphatic carbocycles. The minimum atomic E-state index is -0.564. The molecule has 2 aromatic heterocycles. The number of nitrogens with one attached hydrogen (secondary N) is 2. The van der Waals surface area contributed by atoms with Crippen molar-refractivity contribution in [1.29, 1.82) is 0 Å². The van der Waals surface area contributed by atoms with Crippen molar-refractivity contribution in [3.8, 4) is 5.75 Å². The number of rotatable bonds is 5. The van der Waals surface area contributed by atoms with E-state index in [0.717, 1.165) is 0 Å². The Hall–Kier alpha value is -3.33. The summed E-state index contributed by atoms with van der Waals surface area (Å²) in [7, 11) is 1.51. The van der Waals surface area contributed by atoms with E-state index >= 15 is 0 Å². The number of para-hydroxylation sites is 1. The Balaban J connectivity index is 2.07. The maximum Gasteiger partial charge on any atom is 0.329 e. The highest BCUT2D eigenvalue weighted by atomic mass is 35.5. The topological polar surface area (TPSA) is 117 Å². The predicted molar refractivity (Wildman–Crippen MR) is 105 cm³/mol. The minimum absolute atomic E-state index is 0.0797. The zero-order valence-electron chi connectivity index (χ0n) is 14.6. The van der Waals surface area contributed by atoms with Crippen LogP contribution in [0.5, 0.6) is 5.75 Å². The van der Waals surface area contributed by atoms with E-state index < -0.39 is 11.2 Å². The molecule has 0 bridgehead atoms. The summed E-state index contributed by atoms with van der Waals surface area (Å²) in [6, 6.07) is 6.70. The van der Waals surface area contributed by atoms with Crippen molar-refractivity contribution in [3.05, 3.63) is 61.8 Å². The van der Waals surface area contributed by atoms with Gasteiger partial charge in [-0.1, -0.05) is 29.8 Å². The van der Waals surface area contributed by atoms with Gasteiger partial charge in [0, 0.05) is 24.2 Å². The fourth-order valence-electron chi connectivity index (χ4n) is 2.47. The van der Waals surface area contributed by atoms with Crippen LogP contribution in [0, 0.1) is 0 Å². The molecule has 10 heteroatoms. The molecule has 0 amide bonds. The van der Waals surface area contributed by atoms with Gasteiger partial charge in [0.1, 0.15) is 5.75 Å². The van der Waals surface area contributed by atoms with Crippen LogP contribution in [0.4, 0.5) is 5.95 Å². The number of hydrazone groups is 1. The standard InChI is InChI=1S/C17H17ClN6O3/c1-10(18)7-8-24-13-14(23(2)17(27)21-15(13)26)20-16(24)22-19-9-11-5-3-4-6-12(11)25/h3-7,9,25H,8H2,1-2H3,(H,20,22)(H,21,26,27)/b10-7?,19-9+. The van der Waals surface area contributed by atoms with E-state index in [9.17, 15) is 14.7 Å². The van der Waals surface area contributed by atoms with Crippen molar-refractivity contribution in [2.45, 2.75) is 13.5 Å². The van der Waals surface area contributed by atoms with E-state index in [1.807, 2.05) is 0 Å². The molecule has 3 aromatic rings. The van der Waals surface area contributed by atoms with Crippen LogP contribution in [0.3, 0.4) is 0 Å². The second-order valence-electron chi connectivity index (χ2n) is 5.76. The van der Waals surface area contributed by atoms with Crippen molar-refractivity contribution >= 4 is 34.9 Å². The van der Waals surface area contributed by atoms with Crippen LogP contribution in [0.15, 0.2) is 50.1 Å². The number of allylic oxidation sites excluding steroid dienone is 2. The normalized spacial score (nSPS) is 12.2. The zero-order chi connectivity index (χ0) is 19.6. The summed E-state index contributed by atoms with van der Waals surface area (Å²) in [6.07, 6.45) is 3.12. The second-order valence-corrected chi connectivity index (χ2v) is 6.35. The summed E-state index contributed by atoms with van der Waals surface area (Å²) in [4.78, 5) is 30.7. The number of aromatic nitrogens is 4. The number of imidazole rings is 1. The van der Waals surface area contributed by atoms with Crippen LogP contribution in [-0.4, -0.2) is 30.4 Å². The summed E-state index contributed by atoms with van der Waals surface area (Å²) in [5, 5.41) is 14.4. The van der Waals surface area contributed by atoms with Gasteiger partial charge in [0.2, 0.25) is 5.95 Å². The van der Waals surface area contributed by atoms with Gasteiger partial charge in [-0.2, -0.15) is 10.1 Å². The van der Waals surface area contributed by atoms with Gasteiger partial charge in [-0.15, -0.1) is 0 Å². The Labute approximate surface area is 158 Å². The van der Waals surface area contributed by atoms with Gasteiger partial charge in [0.15, 0.2) is 11.2 Å². The van der Waals surface area contributed by atoms with E-state index in [1.54, 1.807) is 41.8 Å². The Bertz CT molecular complexity index is 1170. The highest BCUT2D eigenvalue weighted by Gasteiger charge is 2.16. The first-order valence-electron chi connectivity index (χ1n) is 7.97. The van der Waals surface area contributed by atoms with Crippen molar-refractivity contribution in [2.75, 3.05) is 5.43 Å². The number of hydrogen-bond acceptors (Lipinski definition) is 6. The largest absolute Gasteiger partial charge is 0.507 e. The molecule has 0 spiro atoms. The fourth-order valence-corrected chi connectivity index (χ4v) is 2.54. The van der Waals surface area contributed by atoms with Crippen LogP contribution < -0.4 is 16.7 Å². The van der Waals surface area contributed by atoms with Gasteiger partial charge in [0.25, 0.3) is 5.56 Å².